The largest absolute Gasteiger partial charge is 0.507 e. The Balaban J connectivity index is 1.77. The standard InChI is InChI=1S/C19H20N4OS/c1-10-7-8-15(24)17-13(10)5-4-6-14(17)22-23-18-16-11(2)12(3)25-19(16)21-9-20-18/h7-9,24H,4-6H2,1-3H3,(H,20,21,23)/b22-14+. The third-order valence-corrected chi connectivity index (χ3v) is 6.03. The van der Waals surface area contributed by atoms with Crippen LogP contribution in [-0.4, -0.2) is 20.8 Å². The second kappa shape index (κ2) is 6.11. The highest BCUT2D eigenvalue weighted by molar-refractivity contribution is 7.18. The Bertz CT molecular complexity index is 1010. The average Bonchev–Trinajstić information content (AvgIpc) is 2.91. The predicted octanol–water partition coefficient (Wildman–Crippen LogP) is 4.47. The molecule has 4 rings (SSSR count). The monoisotopic (exact) mass is 352 g/mol. The molecular formula is C19H20N4OS. The summed E-state index contributed by atoms with van der Waals surface area (Å²) >= 11 is 1.67. The minimum Gasteiger partial charge on any atom is -0.507 e. The fourth-order valence-electron chi connectivity index (χ4n) is 3.44. The number of phenols is 1. The Morgan fingerprint density at radius 2 is 2.00 bits per heavy atom. The summed E-state index contributed by atoms with van der Waals surface area (Å²) in [6.07, 6.45) is 4.42. The van der Waals surface area contributed by atoms with Crippen molar-refractivity contribution in [1.82, 2.24) is 9.97 Å². The number of nitrogens with one attached hydrogen (secondary N) is 1. The average molecular weight is 352 g/mol. The third-order valence-electron chi connectivity index (χ3n) is 4.92. The second-order valence-electron chi connectivity index (χ2n) is 6.46. The summed E-state index contributed by atoms with van der Waals surface area (Å²) in [5.41, 5.74) is 8.48. The van der Waals surface area contributed by atoms with Crippen LogP contribution in [0.25, 0.3) is 10.2 Å². The Kier molecular flexibility index (Phi) is 3.92. The Morgan fingerprint density at radius 1 is 1.16 bits per heavy atom. The maximum Gasteiger partial charge on any atom is 0.158 e. The topological polar surface area (TPSA) is 70.4 Å². The van der Waals surface area contributed by atoms with Gasteiger partial charge in [-0.25, -0.2) is 9.97 Å². The van der Waals surface area contributed by atoms with Crippen LogP contribution < -0.4 is 5.43 Å². The number of aromatic nitrogens is 2. The van der Waals surface area contributed by atoms with E-state index in [1.807, 2.05) is 6.07 Å². The molecule has 1 aliphatic carbocycles. The first-order valence-corrected chi connectivity index (χ1v) is 9.23. The number of nitrogens with zero attached hydrogens (tertiary/aromatic N) is 3. The second-order valence-corrected chi connectivity index (χ2v) is 7.67. The van der Waals surface area contributed by atoms with E-state index in [1.165, 1.54) is 21.6 Å². The molecule has 0 amide bonds. The van der Waals surface area contributed by atoms with Crippen molar-refractivity contribution in [3.63, 3.8) is 0 Å². The van der Waals surface area contributed by atoms with Crippen LogP contribution in [0.2, 0.25) is 0 Å². The molecule has 1 aliphatic rings. The summed E-state index contributed by atoms with van der Waals surface area (Å²) in [6.45, 7) is 6.26. The molecule has 2 N–H and O–H groups in total. The summed E-state index contributed by atoms with van der Waals surface area (Å²) in [4.78, 5) is 10.9. The van der Waals surface area contributed by atoms with Gasteiger partial charge in [-0.3, -0.25) is 5.43 Å². The first kappa shape index (κ1) is 16.0. The molecule has 2 aromatic heterocycles. The van der Waals surface area contributed by atoms with E-state index in [9.17, 15) is 5.11 Å². The number of thiophene rings is 1. The molecule has 0 spiro atoms. The highest BCUT2D eigenvalue weighted by Crippen LogP contribution is 2.34. The number of hydrazone groups is 1. The number of hydrogen-bond donors (Lipinski definition) is 2. The van der Waals surface area contributed by atoms with Gasteiger partial charge in [0.1, 0.15) is 16.9 Å². The first-order chi connectivity index (χ1) is 12.1. The lowest BCUT2D eigenvalue weighted by Gasteiger charge is -2.21. The number of anilines is 1. The highest BCUT2D eigenvalue weighted by atomic mass is 32.1. The van der Waals surface area contributed by atoms with Gasteiger partial charge in [0, 0.05) is 10.4 Å². The van der Waals surface area contributed by atoms with Crippen LogP contribution in [0.3, 0.4) is 0 Å². The van der Waals surface area contributed by atoms with Gasteiger partial charge in [-0.05, 0) is 62.8 Å². The summed E-state index contributed by atoms with van der Waals surface area (Å²) in [7, 11) is 0. The number of aromatic hydroxyl groups is 1. The zero-order valence-electron chi connectivity index (χ0n) is 14.6. The first-order valence-electron chi connectivity index (χ1n) is 8.41. The predicted molar refractivity (Wildman–Crippen MR) is 103 cm³/mol. The van der Waals surface area contributed by atoms with Crippen molar-refractivity contribution in [2.45, 2.75) is 40.0 Å². The smallest absolute Gasteiger partial charge is 0.158 e. The molecule has 5 nitrogen and oxygen atoms in total. The Morgan fingerprint density at radius 3 is 2.84 bits per heavy atom. The van der Waals surface area contributed by atoms with Crippen LogP contribution in [-0.2, 0) is 6.42 Å². The number of benzene rings is 1. The molecule has 6 heteroatoms. The van der Waals surface area contributed by atoms with Crippen molar-refractivity contribution in [1.29, 1.82) is 0 Å². The number of rotatable bonds is 2. The van der Waals surface area contributed by atoms with Crippen molar-refractivity contribution >= 4 is 33.1 Å². The van der Waals surface area contributed by atoms with Gasteiger partial charge in [-0.2, -0.15) is 5.10 Å². The number of fused-ring (bicyclic) bond motifs is 2. The summed E-state index contributed by atoms with van der Waals surface area (Å²) < 4.78 is 0. The molecule has 0 saturated carbocycles. The van der Waals surface area contributed by atoms with E-state index in [1.54, 1.807) is 23.7 Å². The van der Waals surface area contributed by atoms with Crippen LogP contribution in [0.1, 0.15) is 40.0 Å². The van der Waals surface area contributed by atoms with E-state index >= 15 is 0 Å². The van der Waals surface area contributed by atoms with Gasteiger partial charge in [0.05, 0.1) is 11.1 Å². The van der Waals surface area contributed by atoms with Gasteiger partial charge in [0.25, 0.3) is 0 Å². The van der Waals surface area contributed by atoms with E-state index in [0.717, 1.165) is 46.6 Å². The lowest BCUT2D eigenvalue weighted by molar-refractivity contribution is 0.472. The Labute approximate surface area is 150 Å². The normalized spacial score (nSPS) is 15.6. The van der Waals surface area contributed by atoms with Gasteiger partial charge in [0.15, 0.2) is 5.82 Å². The molecule has 1 aromatic carbocycles. The van der Waals surface area contributed by atoms with Crippen LogP contribution in [0.4, 0.5) is 5.82 Å². The van der Waals surface area contributed by atoms with Crippen molar-refractivity contribution in [3.05, 3.63) is 45.6 Å². The van der Waals surface area contributed by atoms with Gasteiger partial charge >= 0.3 is 0 Å². The molecule has 0 atom stereocenters. The summed E-state index contributed by atoms with van der Waals surface area (Å²) in [6, 6.07) is 3.72. The summed E-state index contributed by atoms with van der Waals surface area (Å²) in [5.74, 6) is 1.02. The van der Waals surface area contributed by atoms with Gasteiger partial charge < -0.3 is 5.11 Å². The maximum absolute atomic E-state index is 10.3. The van der Waals surface area contributed by atoms with E-state index in [0.29, 0.717) is 5.75 Å². The van der Waals surface area contributed by atoms with Crippen LogP contribution in [0.5, 0.6) is 5.75 Å². The minimum absolute atomic E-state index is 0.302. The van der Waals surface area contributed by atoms with Crippen molar-refractivity contribution in [2.24, 2.45) is 5.10 Å². The van der Waals surface area contributed by atoms with Crippen molar-refractivity contribution in [2.75, 3.05) is 5.43 Å². The quantitative estimate of drug-likeness (QED) is 0.667. The van der Waals surface area contributed by atoms with Gasteiger partial charge in [-0.1, -0.05) is 6.07 Å². The maximum atomic E-state index is 10.3. The van der Waals surface area contributed by atoms with Crippen LogP contribution >= 0.6 is 11.3 Å². The molecule has 0 radical (unpaired) electrons. The molecular weight excluding hydrogens is 332 g/mol. The minimum atomic E-state index is 0.302. The van der Waals surface area contributed by atoms with Gasteiger partial charge in [0.2, 0.25) is 0 Å². The molecule has 0 aliphatic heterocycles. The molecule has 2 heterocycles. The van der Waals surface area contributed by atoms with Crippen molar-refractivity contribution in [3.8, 4) is 5.75 Å². The Hall–Kier alpha value is -2.47. The molecule has 128 valence electrons. The van der Waals surface area contributed by atoms with Gasteiger partial charge in [-0.15, -0.1) is 11.3 Å². The molecule has 0 saturated heterocycles. The zero-order chi connectivity index (χ0) is 17.6. The third kappa shape index (κ3) is 2.66. The lowest BCUT2D eigenvalue weighted by atomic mass is 9.86. The van der Waals surface area contributed by atoms with E-state index in [2.05, 4.69) is 41.3 Å². The molecule has 25 heavy (non-hydrogen) atoms. The van der Waals surface area contributed by atoms with E-state index in [-0.39, 0.29) is 0 Å². The molecule has 0 unspecified atom stereocenters. The van der Waals surface area contributed by atoms with Crippen LogP contribution in [0, 0.1) is 20.8 Å². The molecule has 3 aromatic rings. The fraction of sp³-hybridized carbons (Fsp3) is 0.316. The highest BCUT2D eigenvalue weighted by Gasteiger charge is 2.21. The fourth-order valence-corrected chi connectivity index (χ4v) is 4.44. The molecule has 0 bridgehead atoms. The van der Waals surface area contributed by atoms with E-state index in [4.69, 9.17) is 0 Å². The van der Waals surface area contributed by atoms with Crippen molar-refractivity contribution < 1.29 is 5.11 Å². The van der Waals surface area contributed by atoms with E-state index < -0.39 is 0 Å². The zero-order valence-corrected chi connectivity index (χ0v) is 15.4. The number of aryl methyl sites for hydroxylation is 3. The SMILES string of the molecule is Cc1ccc(O)c2c1CCC/C2=N\Nc1ncnc2sc(C)c(C)c12. The van der Waals surface area contributed by atoms with Crippen LogP contribution in [0.15, 0.2) is 23.6 Å². The molecule has 0 fully saturated rings. The number of phenolic OH excluding ortho intramolecular Hbond substituents is 1. The lowest BCUT2D eigenvalue weighted by Crippen LogP contribution is -2.15. The summed E-state index contributed by atoms with van der Waals surface area (Å²) in [5, 5.41) is 16.0. The number of hydrogen-bond acceptors (Lipinski definition) is 6.